The molecule has 4 heteroatoms. The van der Waals surface area contributed by atoms with Gasteiger partial charge in [-0.3, -0.25) is 5.43 Å². The van der Waals surface area contributed by atoms with Crippen LogP contribution in [0, 0.1) is 6.92 Å². The lowest BCUT2D eigenvalue weighted by Gasteiger charge is -2.16. The molecule has 1 aromatic rings. The van der Waals surface area contributed by atoms with E-state index in [1.807, 2.05) is 36.2 Å². The summed E-state index contributed by atoms with van der Waals surface area (Å²) in [5.74, 6) is 0. The van der Waals surface area contributed by atoms with E-state index in [1.54, 1.807) is 0 Å². The third kappa shape index (κ3) is 2.97. The molecule has 0 atom stereocenters. The van der Waals surface area contributed by atoms with Gasteiger partial charge in [-0.1, -0.05) is 12.1 Å². The van der Waals surface area contributed by atoms with Crippen LogP contribution >= 0.6 is 0 Å². The van der Waals surface area contributed by atoms with Crippen LogP contribution in [-0.2, 0) is 0 Å². The molecule has 4 nitrogen and oxygen atoms in total. The summed E-state index contributed by atoms with van der Waals surface area (Å²) in [6.07, 6.45) is 2.31. The fourth-order valence-electron chi connectivity index (χ4n) is 1.85. The SMILES string of the molecule is Cc1cccc(NC(=O)NN2CCCC2)c1. The van der Waals surface area contributed by atoms with E-state index in [9.17, 15) is 4.79 Å². The van der Waals surface area contributed by atoms with Crippen molar-refractivity contribution >= 4 is 11.7 Å². The molecule has 2 rings (SSSR count). The third-order valence-electron chi connectivity index (χ3n) is 2.64. The predicted octanol–water partition coefficient (Wildman–Crippen LogP) is 2.13. The Morgan fingerprint density at radius 1 is 1.31 bits per heavy atom. The molecule has 2 amide bonds. The van der Waals surface area contributed by atoms with Crippen LogP contribution in [0.2, 0.25) is 0 Å². The van der Waals surface area contributed by atoms with Crippen LogP contribution in [-0.4, -0.2) is 24.1 Å². The Balaban J connectivity index is 1.86. The quantitative estimate of drug-likeness (QED) is 0.800. The lowest BCUT2D eigenvalue weighted by atomic mass is 10.2. The minimum atomic E-state index is -0.160. The highest BCUT2D eigenvalue weighted by Crippen LogP contribution is 2.09. The first-order valence-corrected chi connectivity index (χ1v) is 5.63. The van der Waals surface area contributed by atoms with E-state index >= 15 is 0 Å². The molecule has 1 saturated heterocycles. The van der Waals surface area contributed by atoms with Crippen LogP contribution < -0.4 is 10.7 Å². The molecule has 1 fully saturated rings. The standard InChI is InChI=1S/C12H17N3O/c1-10-5-4-6-11(9-10)13-12(16)14-15-7-2-3-8-15/h4-6,9H,2-3,7-8H2,1H3,(H2,13,14,16). The minimum Gasteiger partial charge on any atom is -0.307 e. The zero-order valence-corrected chi connectivity index (χ0v) is 9.49. The van der Waals surface area contributed by atoms with E-state index in [1.165, 1.54) is 0 Å². The smallest absolute Gasteiger partial charge is 0.307 e. The Morgan fingerprint density at radius 2 is 2.06 bits per heavy atom. The number of amides is 2. The van der Waals surface area contributed by atoms with Gasteiger partial charge in [0, 0.05) is 18.8 Å². The van der Waals surface area contributed by atoms with Gasteiger partial charge in [-0.05, 0) is 37.5 Å². The maximum atomic E-state index is 11.6. The average Bonchev–Trinajstić information content (AvgIpc) is 2.70. The molecule has 16 heavy (non-hydrogen) atoms. The highest BCUT2D eigenvalue weighted by atomic mass is 16.2. The van der Waals surface area contributed by atoms with Gasteiger partial charge in [0.2, 0.25) is 0 Å². The van der Waals surface area contributed by atoms with Crippen molar-refractivity contribution in [2.75, 3.05) is 18.4 Å². The number of hydrogen-bond acceptors (Lipinski definition) is 2. The summed E-state index contributed by atoms with van der Waals surface area (Å²) in [4.78, 5) is 11.6. The fraction of sp³-hybridized carbons (Fsp3) is 0.417. The second-order valence-electron chi connectivity index (χ2n) is 4.13. The Morgan fingerprint density at radius 3 is 2.75 bits per heavy atom. The number of hydrogen-bond donors (Lipinski definition) is 2. The van der Waals surface area contributed by atoms with E-state index < -0.39 is 0 Å². The minimum absolute atomic E-state index is 0.160. The first kappa shape index (κ1) is 11.0. The van der Waals surface area contributed by atoms with Gasteiger partial charge < -0.3 is 5.32 Å². The first-order chi connectivity index (χ1) is 7.74. The Bertz CT molecular complexity index is 372. The molecule has 1 aliphatic rings. The van der Waals surface area contributed by atoms with E-state index in [2.05, 4.69) is 10.7 Å². The molecule has 2 N–H and O–H groups in total. The zero-order valence-electron chi connectivity index (χ0n) is 9.49. The summed E-state index contributed by atoms with van der Waals surface area (Å²) in [7, 11) is 0. The van der Waals surface area contributed by atoms with E-state index in [0.29, 0.717) is 0 Å². The van der Waals surface area contributed by atoms with Gasteiger partial charge in [-0.15, -0.1) is 0 Å². The van der Waals surface area contributed by atoms with Crippen LogP contribution in [0.3, 0.4) is 0 Å². The summed E-state index contributed by atoms with van der Waals surface area (Å²) >= 11 is 0. The van der Waals surface area contributed by atoms with Gasteiger partial charge in [0.05, 0.1) is 0 Å². The van der Waals surface area contributed by atoms with Crippen molar-refractivity contribution in [2.24, 2.45) is 0 Å². The first-order valence-electron chi connectivity index (χ1n) is 5.63. The molecule has 1 aliphatic heterocycles. The third-order valence-corrected chi connectivity index (χ3v) is 2.64. The van der Waals surface area contributed by atoms with Crippen molar-refractivity contribution < 1.29 is 4.79 Å². The lowest BCUT2D eigenvalue weighted by Crippen LogP contribution is -2.42. The van der Waals surface area contributed by atoms with Gasteiger partial charge in [0.1, 0.15) is 0 Å². The van der Waals surface area contributed by atoms with E-state index in [4.69, 9.17) is 0 Å². The van der Waals surface area contributed by atoms with Crippen molar-refractivity contribution in [3.63, 3.8) is 0 Å². The molecule has 0 unspecified atom stereocenters. The fourth-order valence-corrected chi connectivity index (χ4v) is 1.85. The van der Waals surface area contributed by atoms with E-state index in [-0.39, 0.29) is 6.03 Å². The van der Waals surface area contributed by atoms with Gasteiger partial charge in [-0.25, -0.2) is 9.80 Å². The second-order valence-corrected chi connectivity index (χ2v) is 4.13. The van der Waals surface area contributed by atoms with Crippen LogP contribution in [0.1, 0.15) is 18.4 Å². The van der Waals surface area contributed by atoms with Gasteiger partial charge in [0.25, 0.3) is 0 Å². The summed E-state index contributed by atoms with van der Waals surface area (Å²) < 4.78 is 0. The summed E-state index contributed by atoms with van der Waals surface area (Å²) in [5.41, 5.74) is 4.80. The molecule has 0 aromatic heterocycles. The maximum absolute atomic E-state index is 11.6. The second kappa shape index (κ2) is 4.99. The van der Waals surface area contributed by atoms with Gasteiger partial charge in [-0.2, -0.15) is 0 Å². The number of carbonyl (C=O) groups excluding carboxylic acids is 1. The topological polar surface area (TPSA) is 44.4 Å². The lowest BCUT2D eigenvalue weighted by molar-refractivity contribution is 0.209. The van der Waals surface area contributed by atoms with E-state index in [0.717, 1.165) is 37.2 Å². The largest absolute Gasteiger partial charge is 0.333 e. The molecule has 0 bridgehead atoms. The van der Waals surface area contributed by atoms with Crippen LogP contribution in [0.4, 0.5) is 10.5 Å². The number of benzene rings is 1. The molecule has 86 valence electrons. The molecule has 1 aromatic carbocycles. The zero-order chi connectivity index (χ0) is 11.4. The number of nitrogens with zero attached hydrogens (tertiary/aromatic N) is 1. The molecule has 0 aliphatic carbocycles. The molecule has 0 radical (unpaired) electrons. The van der Waals surface area contributed by atoms with Crippen molar-refractivity contribution in [3.8, 4) is 0 Å². The van der Waals surface area contributed by atoms with Gasteiger partial charge >= 0.3 is 6.03 Å². The van der Waals surface area contributed by atoms with Crippen molar-refractivity contribution in [1.29, 1.82) is 0 Å². The van der Waals surface area contributed by atoms with Crippen LogP contribution in [0.25, 0.3) is 0 Å². The number of urea groups is 1. The van der Waals surface area contributed by atoms with Crippen molar-refractivity contribution in [1.82, 2.24) is 10.4 Å². The molecule has 1 heterocycles. The summed E-state index contributed by atoms with van der Waals surface area (Å²) in [6, 6.07) is 7.61. The normalized spacial score (nSPS) is 16.1. The number of hydrazine groups is 1. The van der Waals surface area contributed by atoms with Crippen molar-refractivity contribution in [3.05, 3.63) is 29.8 Å². The van der Waals surface area contributed by atoms with Gasteiger partial charge in [0.15, 0.2) is 0 Å². The Kier molecular flexibility index (Phi) is 3.41. The molecule has 0 spiro atoms. The Labute approximate surface area is 95.6 Å². The van der Waals surface area contributed by atoms with Crippen LogP contribution in [0.15, 0.2) is 24.3 Å². The number of aryl methyl sites for hydroxylation is 1. The number of anilines is 1. The Hall–Kier alpha value is -1.55. The van der Waals surface area contributed by atoms with Crippen LogP contribution in [0.5, 0.6) is 0 Å². The number of nitrogens with one attached hydrogen (secondary N) is 2. The maximum Gasteiger partial charge on any atom is 0.333 e. The monoisotopic (exact) mass is 219 g/mol. The number of carbonyl (C=O) groups is 1. The summed E-state index contributed by atoms with van der Waals surface area (Å²) in [6.45, 7) is 3.89. The molecular weight excluding hydrogens is 202 g/mol. The number of rotatable bonds is 2. The highest BCUT2D eigenvalue weighted by Gasteiger charge is 2.13. The summed E-state index contributed by atoms with van der Waals surface area (Å²) in [5, 5.41) is 4.77. The van der Waals surface area contributed by atoms with Crippen molar-refractivity contribution in [2.45, 2.75) is 19.8 Å². The predicted molar refractivity (Wildman–Crippen MR) is 64.1 cm³/mol. The highest BCUT2D eigenvalue weighted by molar-refractivity contribution is 5.88. The average molecular weight is 219 g/mol. The molecule has 0 saturated carbocycles. The molecular formula is C12H17N3O.